The molecule has 4 nitrogen and oxygen atoms in total. The summed E-state index contributed by atoms with van der Waals surface area (Å²) in [5.74, 6) is 0.0350. The Hall–Kier alpha value is -1.46. The molecule has 1 heterocycles. The second-order valence-electron chi connectivity index (χ2n) is 4.64. The summed E-state index contributed by atoms with van der Waals surface area (Å²) < 4.78 is 1.11. The number of fused-ring (bicyclic) bond motifs is 1. The molecule has 0 saturated carbocycles. The normalized spacial score (nSPS) is 10.8. The van der Waals surface area contributed by atoms with Crippen LogP contribution in [0.25, 0.3) is 10.2 Å². The largest absolute Gasteiger partial charge is 0.330 e. The van der Waals surface area contributed by atoms with Gasteiger partial charge in [0, 0.05) is 6.42 Å². The number of carbonyl (C=O) groups excluding carboxylic acids is 1. The van der Waals surface area contributed by atoms with Crippen molar-refractivity contribution in [2.24, 2.45) is 5.73 Å². The summed E-state index contributed by atoms with van der Waals surface area (Å²) in [5, 5.41) is 3.55. The van der Waals surface area contributed by atoms with E-state index in [1.54, 1.807) is 0 Å². The van der Waals surface area contributed by atoms with Crippen LogP contribution in [0.2, 0.25) is 0 Å². The average Bonchev–Trinajstić information content (AvgIpc) is 2.76. The lowest BCUT2D eigenvalue weighted by Crippen LogP contribution is -2.11. The van der Waals surface area contributed by atoms with Gasteiger partial charge in [0.05, 0.1) is 10.2 Å². The van der Waals surface area contributed by atoms with E-state index < -0.39 is 0 Å². The van der Waals surface area contributed by atoms with Crippen molar-refractivity contribution in [3.8, 4) is 0 Å². The topological polar surface area (TPSA) is 68.0 Å². The van der Waals surface area contributed by atoms with Gasteiger partial charge in [-0.2, -0.15) is 0 Å². The van der Waals surface area contributed by atoms with E-state index in [0.29, 0.717) is 18.1 Å². The van der Waals surface area contributed by atoms with Crippen molar-refractivity contribution >= 4 is 32.6 Å². The van der Waals surface area contributed by atoms with Gasteiger partial charge < -0.3 is 11.1 Å². The van der Waals surface area contributed by atoms with Gasteiger partial charge in [-0.15, -0.1) is 0 Å². The average molecular weight is 277 g/mol. The Balaban J connectivity index is 1.91. The van der Waals surface area contributed by atoms with Crippen LogP contribution in [0, 0.1) is 6.92 Å². The van der Waals surface area contributed by atoms with Gasteiger partial charge in [0.25, 0.3) is 0 Å². The molecular weight excluding hydrogens is 258 g/mol. The Morgan fingerprint density at radius 3 is 3.00 bits per heavy atom. The van der Waals surface area contributed by atoms with Crippen LogP contribution >= 0.6 is 11.3 Å². The summed E-state index contributed by atoms with van der Waals surface area (Å²) in [6.45, 7) is 2.74. The molecule has 0 atom stereocenters. The number of benzene rings is 1. The smallest absolute Gasteiger partial charge is 0.226 e. The molecule has 3 N–H and O–H groups in total. The number of aryl methyl sites for hydroxylation is 1. The van der Waals surface area contributed by atoms with Crippen LogP contribution in [-0.4, -0.2) is 17.4 Å². The monoisotopic (exact) mass is 277 g/mol. The molecule has 0 aliphatic carbocycles. The van der Waals surface area contributed by atoms with E-state index in [4.69, 9.17) is 5.73 Å². The fourth-order valence-corrected chi connectivity index (χ4v) is 2.85. The molecule has 0 saturated heterocycles. The number of thiazole rings is 1. The molecule has 2 aromatic rings. The minimum atomic E-state index is 0.0350. The van der Waals surface area contributed by atoms with Gasteiger partial charge in [-0.25, -0.2) is 4.98 Å². The number of nitrogens with one attached hydrogen (secondary N) is 1. The van der Waals surface area contributed by atoms with Crippen molar-refractivity contribution in [2.75, 3.05) is 11.9 Å². The highest BCUT2D eigenvalue weighted by Crippen LogP contribution is 2.26. The molecule has 0 aliphatic rings. The standard InChI is InChI=1S/C14H19N3OS/c1-10-6-7-11-12(9-10)19-14(16-11)17-13(18)5-3-2-4-8-15/h6-7,9H,2-5,8,15H2,1H3,(H,16,17,18). The molecule has 0 unspecified atom stereocenters. The first kappa shape index (κ1) is 14.0. The van der Waals surface area contributed by atoms with E-state index in [1.807, 2.05) is 12.1 Å². The van der Waals surface area contributed by atoms with Crippen LogP contribution in [0.1, 0.15) is 31.2 Å². The van der Waals surface area contributed by atoms with Gasteiger partial charge in [-0.05, 0) is 44.0 Å². The molecule has 102 valence electrons. The van der Waals surface area contributed by atoms with E-state index in [0.717, 1.165) is 29.5 Å². The van der Waals surface area contributed by atoms with Crippen molar-refractivity contribution in [1.29, 1.82) is 0 Å². The highest BCUT2D eigenvalue weighted by Gasteiger charge is 2.07. The summed E-state index contributed by atoms with van der Waals surface area (Å²) in [7, 11) is 0. The minimum Gasteiger partial charge on any atom is -0.330 e. The third-order valence-electron chi connectivity index (χ3n) is 2.90. The summed E-state index contributed by atoms with van der Waals surface area (Å²) in [6, 6.07) is 6.10. The number of anilines is 1. The van der Waals surface area contributed by atoms with E-state index >= 15 is 0 Å². The second-order valence-corrected chi connectivity index (χ2v) is 5.67. The van der Waals surface area contributed by atoms with Gasteiger partial charge in [0.2, 0.25) is 5.91 Å². The van der Waals surface area contributed by atoms with Gasteiger partial charge in [0.15, 0.2) is 5.13 Å². The molecule has 2 rings (SSSR count). The summed E-state index contributed by atoms with van der Waals surface area (Å²) >= 11 is 1.52. The number of carbonyl (C=O) groups is 1. The Labute approximate surface area is 117 Å². The first-order valence-corrected chi connectivity index (χ1v) is 7.38. The van der Waals surface area contributed by atoms with Crippen LogP contribution in [0.15, 0.2) is 18.2 Å². The van der Waals surface area contributed by atoms with E-state index in [-0.39, 0.29) is 5.91 Å². The van der Waals surface area contributed by atoms with Crippen LogP contribution in [0.4, 0.5) is 5.13 Å². The zero-order chi connectivity index (χ0) is 13.7. The Morgan fingerprint density at radius 2 is 2.21 bits per heavy atom. The van der Waals surface area contributed by atoms with Crippen molar-refractivity contribution in [3.05, 3.63) is 23.8 Å². The number of nitrogens with two attached hydrogens (primary N) is 1. The van der Waals surface area contributed by atoms with Crippen molar-refractivity contribution in [2.45, 2.75) is 32.6 Å². The predicted octanol–water partition coefficient (Wildman–Crippen LogP) is 3.06. The van der Waals surface area contributed by atoms with E-state index in [2.05, 4.69) is 23.3 Å². The molecule has 0 spiro atoms. The third kappa shape index (κ3) is 4.01. The lowest BCUT2D eigenvalue weighted by molar-refractivity contribution is -0.116. The fourth-order valence-electron chi connectivity index (χ4n) is 1.87. The fraction of sp³-hybridized carbons (Fsp3) is 0.429. The Bertz CT molecular complexity index is 565. The predicted molar refractivity (Wildman–Crippen MR) is 80.5 cm³/mol. The van der Waals surface area contributed by atoms with Crippen LogP contribution in [-0.2, 0) is 4.79 Å². The lowest BCUT2D eigenvalue weighted by Gasteiger charge is -2.00. The van der Waals surface area contributed by atoms with E-state index in [1.165, 1.54) is 16.9 Å². The Morgan fingerprint density at radius 1 is 1.37 bits per heavy atom. The third-order valence-corrected chi connectivity index (χ3v) is 3.83. The van der Waals surface area contributed by atoms with Crippen LogP contribution in [0.5, 0.6) is 0 Å². The van der Waals surface area contributed by atoms with Crippen LogP contribution in [0.3, 0.4) is 0 Å². The number of hydrogen-bond donors (Lipinski definition) is 2. The number of rotatable bonds is 6. The van der Waals surface area contributed by atoms with Gasteiger partial charge in [0.1, 0.15) is 0 Å². The second kappa shape index (κ2) is 6.63. The van der Waals surface area contributed by atoms with Crippen molar-refractivity contribution in [1.82, 2.24) is 4.98 Å². The molecule has 0 bridgehead atoms. The molecule has 1 aromatic carbocycles. The van der Waals surface area contributed by atoms with Gasteiger partial charge in [-0.1, -0.05) is 23.8 Å². The first-order valence-electron chi connectivity index (χ1n) is 6.56. The minimum absolute atomic E-state index is 0.0350. The number of nitrogens with zero attached hydrogens (tertiary/aromatic N) is 1. The van der Waals surface area contributed by atoms with Gasteiger partial charge >= 0.3 is 0 Å². The Kier molecular flexibility index (Phi) is 4.87. The molecule has 5 heteroatoms. The zero-order valence-corrected chi connectivity index (χ0v) is 11.9. The lowest BCUT2D eigenvalue weighted by atomic mass is 10.2. The van der Waals surface area contributed by atoms with Crippen molar-refractivity contribution in [3.63, 3.8) is 0 Å². The molecule has 1 aromatic heterocycles. The SMILES string of the molecule is Cc1ccc2nc(NC(=O)CCCCCN)sc2c1. The molecule has 19 heavy (non-hydrogen) atoms. The molecule has 0 aliphatic heterocycles. The maximum Gasteiger partial charge on any atom is 0.226 e. The maximum absolute atomic E-state index is 11.7. The highest BCUT2D eigenvalue weighted by atomic mass is 32.1. The highest BCUT2D eigenvalue weighted by molar-refractivity contribution is 7.22. The molecular formula is C14H19N3OS. The molecule has 1 amide bonds. The summed E-state index contributed by atoms with van der Waals surface area (Å²) in [5.41, 5.74) is 7.56. The quantitative estimate of drug-likeness (QED) is 0.797. The zero-order valence-electron chi connectivity index (χ0n) is 11.1. The molecule has 0 fully saturated rings. The number of unbranched alkanes of at least 4 members (excludes halogenated alkanes) is 2. The van der Waals surface area contributed by atoms with Crippen LogP contribution < -0.4 is 11.1 Å². The summed E-state index contributed by atoms with van der Waals surface area (Å²) in [4.78, 5) is 16.1. The number of aromatic nitrogens is 1. The van der Waals surface area contributed by atoms with Crippen molar-refractivity contribution < 1.29 is 4.79 Å². The first-order chi connectivity index (χ1) is 9.19. The number of hydrogen-bond acceptors (Lipinski definition) is 4. The number of amides is 1. The maximum atomic E-state index is 11.7. The van der Waals surface area contributed by atoms with Gasteiger partial charge in [-0.3, -0.25) is 4.79 Å². The summed E-state index contributed by atoms with van der Waals surface area (Å²) in [6.07, 6.45) is 3.40. The molecule has 0 radical (unpaired) electrons. The van der Waals surface area contributed by atoms with E-state index in [9.17, 15) is 4.79 Å².